The van der Waals surface area contributed by atoms with Crippen molar-refractivity contribution < 1.29 is 17.9 Å². The first kappa shape index (κ1) is 14.2. The fourth-order valence-corrected chi connectivity index (χ4v) is 3.01. The Bertz CT molecular complexity index is 493. The van der Waals surface area contributed by atoms with Gasteiger partial charge in [-0.2, -0.15) is 0 Å². The molecule has 1 aromatic carbocycles. The first-order valence-electron chi connectivity index (χ1n) is 4.96. The zero-order chi connectivity index (χ0) is 13.1. The highest BCUT2D eigenvalue weighted by Gasteiger charge is 2.28. The number of Topliss-reactive ketones (excluding diaryl/α,β-unsaturated/α-hetero) is 1. The number of methoxy groups -OCH3 is 1. The van der Waals surface area contributed by atoms with E-state index in [-0.39, 0.29) is 5.75 Å². The van der Waals surface area contributed by atoms with Gasteiger partial charge in [0.05, 0.1) is 7.11 Å². The number of hydrogen-bond acceptors (Lipinski definition) is 4. The van der Waals surface area contributed by atoms with Crippen LogP contribution in [0.2, 0.25) is 0 Å². The Morgan fingerprint density at radius 1 is 1.35 bits per heavy atom. The smallest absolute Gasteiger partial charge is 0.191 e. The van der Waals surface area contributed by atoms with Crippen molar-refractivity contribution >= 4 is 31.6 Å². The third-order valence-electron chi connectivity index (χ3n) is 2.30. The molecule has 0 aliphatic heterocycles. The molecule has 0 spiro atoms. The van der Waals surface area contributed by atoms with Crippen LogP contribution in [0.15, 0.2) is 24.3 Å². The van der Waals surface area contributed by atoms with Crippen molar-refractivity contribution in [2.75, 3.05) is 12.9 Å². The van der Waals surface area contributed by atoms with Crippen LogP contribution in [-0.2, 0) is 9.84 Å². The van der Waals surface area contributed by atoms with Crippen LogP contribution in [0.4, 0.5) is 0 Å². The normalized spacial score (nSPS) is 13.1. The third kappa shape index (κ3) is 3.29. The average molecular weight is 321 g/mol. The molecule has 0 saturated carbocycles. The first-order valence-corrected chi connectivity index (χ1v) is 7.59. The van der Waals surface area contributed by atoms with Gasteiger partial charge in [0.15, 0.2) is 19.8 Å². The molecule has 0 amide bonds. The highest BCUT2D eigenvalue weighted by molar-refractivity contribution is 9.11. The molecule has 0 fully saturated rings. The molecule has 0 aliphatic rings. The molecule has 0 aliphatic carbocycles. The summed E-state index contributed by atoms with van der Waals surface area (Å²) in [7, 11) is -1.91. The largest absolute Gasteiger partial charge is 0.497 e. The minimum atomic E-state index is -3.43. The molecule has 1 unspecified atom stereocenters. The van der Waals surface area contributed by atoms with Gasteiger partial charge in [0.1, 0.15) is 5.75 Å². The van der Waals surface area contributed by atoms with Crippen LogP contribution >= 0.6 is 15.9 Å². The first-order chi connectivity index (χ1) is 7.92. The second-order valence-corrected chi connectivity index (χ2v) is 7.26. The molecule has 6 heteroatoms. The number of ketones is 1. The van der Waals surface area contributed by atoms with E-state index in [2.05, 4.69) is 15.9 Å². The minimum absolute atomic E-state index is 0.0786. The quantitative estimate of drug-likeness (QED) is 0.615. The van der Waals surface area contributed by atoms with Crippen molar-refractivity contribution in [1.29, 1.82) is 0 Å². The lowest BCUT2D eigenvalue weighted by atomic mass is 10.1. The van der Waals surface area contributed by atoms with E-state index in [0.717, 1.165) is 0 Å². The average Bonchev–Trinajstić information content (AvgIpc) is 2.37. The number of carbonyl (C=O) groups is 1. The molecule has 0 heterocycles. The van der Waals surface area contributed by atoms with Crippen LogP contribution in [-0.4, -0.2) is 31.2 Å². The standard InChI is InChI=1S/C11H13BrO4S/c1-3-17(14,15)11(12)10(13)8-4-6-9(16-2)7-5-8/h4-7,11H,3H2,1-2H3. The fraction of sp³-hybridized carbons (Fsp3) is 0.364. The second kappa shape index (κ2) is 5.64. The van der Waals surface area contributed by atoms with Gasteiger partial charge < -0.3 is 4.74 Å². The summed E-state index contributed by atoms with van der Waals surface area (Å²) in [5.74, 6) is 0.0747. The van der Waals surface area contributed by atoms with Crippen LogP contribution in [0.5, 0.6) is 5.75 Å². The number of benzene rings is 1. The Morgan fingerprint density at radius 3 is 2.29 bits per heavy atom. The summed E-state index contributed by atoms with van der Waals surface area (Å²) in [5, 5.41) is 0. The maximum Gasteiger partial charge on any atom is 0.191 e. The van der Waals surface area contributed by atoms with Gasteiger partial charge in [0.25, 0.3) is 0 Å². The zero-order valence-electron chi connectivity index (χ0n) is 9.51. The summed E-state index contributed by atoms with van der Waals surface area (Å²) in [4.78, 5) is 11.9. The van der Waals surface area contributed by atoms with Gasteiger partial charge in [-0.15, -0.1) is 0 Å². The molecule has 0 aromatic heterocycles. The number of sulfone groups is 1. The molecule has 1 aromatic rings. The van der Waals surface area contributed by atoms with Gasteiger partial charge in [0.2, 0.25) is 0 Å². The van der Waals surface area contributed by atoms with Crippen molar-refractivity contribution in [1.82, 2.24) is 0 Å². The topological polar surface area (TPSA) is 60.4 Å². The summed E-state index contributed by atoms with van der Waals surface area (Å²) >= 11 is 2.93. The van der Waals surface area contributed by atoms with E-state index < -0.39 is 19.8 Å². The molecule has 0 bridgehead atoms. The molecular weight excluding hydrogens is 308 g/mol. The van der Waals surface area contributed by atoms with Crippen LogP contribution in [0.3, 0.4) is 0 Å². The van der Waals surface area contributed by atoms with Crippen LogP contribution < -0.4 is 4.74 Å². The lowest BCUT2D eigenvalue weighted by molar-refractivity contribution is 0.101. The Labute approximate surface area is 109 Å². The number of alkyl halides is 1. The number of ether oxygens (including phenoxy) is 1. The van der Waals surface area contributed by atoms with Gasteiger partial charge in [-0.05, 0) is 24.3 Å². The summed E-state index contributed by atoms with van der Waals surface area (Å²) in [6, 6.07) is 6.32. The molecule has 17 heavy (non-hydrogen) atoms. The van der Waals surface area contributed by atoms with Gasteiger partial charge in [-0.1, -0.05) is 22.9 Å². The highest BCUT2D eigenvalue weighted by atomic mass is 79.9. The van der Waals surface area contributed by atoms with Gasteiger partial charge in [-0.25, -0.2) is 8.42 Å². The predicted octanol–water partition coefficient (Wildman–Crippen LogP) is 2.03. The van der Waals surface area contributed by atoms with Crippen LogP contribution in [0.1, 0.15) is 17.3 Å². The van der Waals surface area contributed by atoms with Gasteiger partial charge in [-0.3, -0.25) is 4.79 Å². The monoisotopic (exact) mass is 320 g/mol. The predicted molar refractivity (Wildman–Crippen MR) is 69.5 cm³/mol. The Morgan fingerprint density at radius 2 is 1.88 bits per heavy atom. The van der Waals surface area contributed by atoms with Crippen LogP contribution in [0.25, 0.3) is 0 Å². The molecule has 1 rings (SSSR count). The molecule has 0 saturated heterocycles. The highest BCUT2D eigenvalue weighted by Crippen LogP contribution is 2.19. The van der Waals surface area contributed by atoms with Crippen molar-refractivity contribution in [2.24, 2.45) is 0 Å². The van der Waals surface area contributed by atoms with Crippen LogP contribution in [0, 0.1) is 0 Å². The van der Waals surface area contributed by atoms with Crippen molar-refractivity contribution in [3.8, 4) is 5.75 Å². The summed E-state index contributed by atoms with van der Waals surface area (Å²) in [6.45, 7) is 1.50. The van der Waals surface area contributed by atoms with Gasteiger partial charge in [0, 0.05) is 11.3 Å². The number of hydrogen-bond donors (Lipinski definition) is 0. The van der Waals surface area contributed by atoms with E-state index >= 15 is 0 Å². The fourth-order valence-electron chi connectivity index (χ4n) is 1.20. The van der Waals surface area contributed by atoms with E-state index in [1.165, 1.54) is 14.0 Å². The molecule has 4 nitrogen and oxygen atoms in total. The number of halogens is 1. The molecule has 1 atom stereocenters. The molecular formula is C11H13BrO4S. The van der Waals surface area contributed by atoms with Gasteiger partial charge >= 0.3 is 0 Å². The summed E-state index contributed by atoms with van der Waals surface area (Å²) < 4.78 is 26.9. The lowest BCUT2D eigenvalue weighted by Gasteiger charge is -2.09. The van der Waals surface area contributed by atoms with E-state index in [9.17, 15) is 13.2 Å². The molecule has 94 valence electrons. The van der Waals surface area contributed by atoms with Crippen molar-refractivity contribution in [3.63, 3.8) is 0 Å². The number of rotatable bonds is 5. The zero-order valence-corrected chi connectivity index (χ0v) is 11.9. The third-order valence-corrected chi connectivity index (χ3v) is 6.07. The molecule has 0 radical (unpaired) electrons. The number of carbonyl (C=O) groups excluding carboxylic acids is 1. The minimum Gasteiger partial charge on any atom is -0.497 e. The maximum absolute atomic E-state index is 11.9. The SMILES string of the molecule is CCS(=O)(=O)C(Br)C(=O)c1ccc(OC)cc1. The van der Waals surface area contributed by atoms with E-state index in [4.69, 9.17) is 4.74 Å². The second-order valence-electron chi connectivity index (χ2n) is 3.36. The molecule has 0 N–H and O–H groups in total. The van der Waals surface area contributed by atoms with E-state index in [1.54, 1.807) is 24.3 Å². The Hall–Kier alpha value is -0.880. The summed E-state index contributed by atoms with van der Waals surface area (Å²) in [6.07, 6.45) is 0. The Kier molecular flexibility index (Phi) is 4.70. The van der Waals surface area contributed by atoms with E-state index in [1.807, 2.05) is 0 Å². The van der Waals surface area contributed by atoms with E-state index in [0.29, 0.717) is 11.3 Å². The maximum atomic E-state index is 11.9. The summed E-state index contributed by atoms with van der Waals surface area (Å²) in [5.41, 5.74) is 0.338. The van der Waals surface area contributed by atoms with Crippen molar-refractivity contribution in [2.45, 2.75) is 11.1 Å². The lowest BCUT2D eigenvalue weighted by Crippen LogP contribution is -2.26. The Balaban J connectivity index is 2.97. The van der Waals surface area contributed by atoms with Crippen molar-refractivity contribution in [3.05, 3.63) is 29.8 Å².